The highest BCUT2D eigenvalue weighted by Crippen LogP contribution is 2.16. The van der Waals surface area contributed by atoms with E-state index in [4.69, 9.17) is 5.11 Å². The zero-order valence-corrected chi connectivity index (χ0v) is 11.8. The zero-order valence-electron chi connectivity index (χ0n) is 11.8. The number of aliphatic carboxylic acids is 1. The Morgan fingerprint density at radius 1 is 1.50 bits per heavy atom. The van der Waals surface area contributed by atoms with Crippen molar-refractivity contribution in [2.45, 2.75) is 64.5 Å². The smallest absolute Gasteiger partial charge is 0.320 e. The van der Waals surface area contributed by atoms with E-state index in [0.717, 1.165) is 32.4 Å². The van der Waals surface area contributed by atoms with E-state index in [9.17, 15) is 4.79 Å². The molecule has 0 aliphatic carbocycles. The summed E-state index contributed by atoms with van der Waals surface area (Å²) in [5.41, 5.74) is 0. The van der Waals surface area contributed by atoms with Crippen LogP contribution in [0.3, 0.4) is 0 Å². The van der Waals surface area contributed by atoms with Gasteiger partial charge in [0.15, 0.2) is 0 Å². The third-order valence-corrected chi connectivity index (χ3v) is 3.83. The van der Waals surface area contributed by atoms with Gasteiger partial charge < -0.3 is 15.3 Å². The number of nitrogens with one attached hydrogen (secondary N) is 1. The van der Waals surface area contributed by atoms with Gasteiger partial charge >= 0.3 is 5.97 Å². The minimum atomic E-state index is -0.719. The van der Waals surface area contributed by atoms with E-state index in [0.29, 0.717) is 6.04 Å². The number of carbonyl (C=O) groups is 1. The van der Waals surface area contributed by atoms with E-state index in [1.54, 1.807) is 0 Å². The Morgan fingerprint density at radius 3 is 2.89 bits per heavy atom. The predicted molar refractivity (Wildman–Crippen MR) is 73.8 cm³/mol. The van der Waals surface area contributed by atoms with Crippen LogP contribution >= 0.6 is 0 Å². The van der Waals surface area contributed by atoms with Crippen LogP contribution in [0.1, 0.15) is 52.4 Å². The van der Waals surface area contributed by atoms with Crippen LogP contribution in [0.4, 0.5) is 0 Å². The standard InChI is InChI=1S/C14H28N2O2/c1-3-7-13(14(17)18)15-9-6-11-16-10-5-4-8-12(16)2/h12-13,15H,3-11H2,1-2H3,(H,17,18). The van der Waals surface area contributed by atoms with Crippen LogP contribution in [0.2, 0.25) is 0 Å². The van der Waals surface area contributed by atoms with Crippen molar-refractivity contribution in [3.63, 3.8) is 0 Å². The van der Waals surface area contributed by atoms with Crippen LogP contribution in [0.25, 0.3) is 0 Å². The molecule has 2 N–H and O–H groups in total. The van der Waals surface area contributed by atoms with Gasteiger partial charge in [-0.3, -0.25) is 4.79 Å². The molecule has 4 nitrogen and oxygen atoms in total. The highest BCUT2D eigenvalue weighted by molar-refractivity contribution is 5.73. The Balaban J connectivity index is 2.14. The number of carboxylic acid groups (broad SMARTS) is 1. The first-order chi connectivity index (χ1) is 8.65. The lowest BCUT2D eigenvalue weighted by molar-refractivity contribution is -0.139. The highest BCUT2D eigenvalue weighted by atomic mass is 16.4. The summed E-state index contributed by atoms with van der Waals surface area (Å²) in [4.78, 5) is 13.5. The maximum Gasteiger partial charge on any atom is 0.320 e. The Bertz CT molecular complexity index is 246. The number of hydrogen-bond donors (Lipinski definition) is 2. The summed E-state index contributed by atoms with van der Waals surface area (Å²) in [7, 11) is 0. The molecule has 2 unspecified atom stereocenters. The predicted octanol–water partition coefficient (Wildman–Crippen LogP) is 2.09. The molecule has 1 aliphatic heterocycles. The Morgan fingerprint density at radius 2 is 2.28 bits per heavy atom. The van der Waals surface area contributed by atoms with E-state index in [1.165, 1.54) is 25.8 Å². The molecule has 0 amide bonds. The van der Waals surface area contributed by atoms with E-state index in [-0.39, 0.29) is 6.04 Å². The van der Waals surface area contributed by atoms with Crippen molar-refractivity contribution in [2.75, 3.05) is 19.6 Å². The van der Waals surface area contributed by atoms with Gasteiger partial charge in [0.1, 0.15) is 6.04 Å². The summed E-state index contributed by atoms with van der Waals surface area (Å²) in [6, 6.07) is 0.332. The molecule has 1 rings (SSSR count). The van der Waals surface area contributed by atoms with Crippen LogP contribution in [0.15, 0.2) is 0 Å². The molecule has 0 aromatic carbocycles. The van der Waals surface area contributed by atoms with Gasteiger partial charge in [-0.05, 0) is 52.2 Å². The molecule has 18 heavy (non-hydrogen) atoms. The minimum Gasteiger partial charge on any atom is -0.480 e. The minimum absolute atomic E-state index is 0.367. The molecule has 1 fully saturated rings. The lowest BCUT2D eigenvalue weighted by Gasteiger charge is -2.33. The van der Waals surface area contributed by atoms with Gasteiger partial charge in [0.25, 0.3) is 0 Å². The van der Waals surface area contributed by atoms with Crippen LogP contribution < -0.4 is 5.32 Å². The van der Waals surface area contributed by atoms with E-state index >= 15 is 0 Å². The fraction of sp³-hybridized carbons (Fsp3) is 0.929. The topological polar surface area (TPSA) is 52.6 Å². The van der Waals surface area contributed by atoms with Crippen molar-refractivity contribution in [1.82, 2.24) is 10.2 Å². The molecule has 0 aromatic rings. The lowest BCUT2D eigenvalue weighted by atomic mass is 10.0. The van der Waals surface area contributed by atoms with Gasteiger partial charge in [0.2, 0.25) is 0 Å². The molecule has 0 aromatic heterocycles. The summed E-state index contributed by atoms with van der Waals surface area (Å²) < 4.78 is 0. The average Bonchev–Trinajstić information content (AvgIpc) is 2.35. The van der Waals surface area contributed by atoms with Crippen molar-refractivity contribution in [3.05, 3.63) is 0 Å². The van der Waals surface area contributed by atoms with E-state index in [2.05, 4.69) is 17.1 Å². The number of carboxylic acids is 1. The molecule has 0 saturated carbocycles. The molecule has 0 radical (unpaired) electrons. The Kier molecular flexibility index (Phi) is 7.28. The maximum atomic E-state index is 11.0. The van der Waals surface area contributed by atoms with Crippen LogP contribution in [0, 0.1) is 0 Å². The third-order valence-electron chi connectivity index (χ3n) is 3.83. The largest absolute Gasteiger partial charge is 0.480 e. The molecule has 0 bridgehead atoms. The number of rotatable bonds is 8. The third kappa shape index (κ3) is 5.36. The fourth-order valence-electron chi connectivity index (χ4n) is 2.65. The van der Waals surface area contributed by atoms with Gasteiger partial charge in [-0.1, -0.05) is 19.8 Å². The van der Waals surface area contributed by atoms with E-state index in [1.807, 2.05) is 6.92 Å². The number of piperidine rings is 1. The molecular weight excluding hydrogens is 228 g/mol. The summed E-state index contributed by atoms with van der Waals surface area (Å²) in [5, 5.41) is 12.2. The Labute approximate surface area is 111 Å². The van der Waals surface area contributed by atoms with Crippen molar-refractivity contribution in [1.29, 1.82) is 0 Å². The monoisotopic (exact) mass is 256 g/mol. The van der Waals surface area contributed by atoms with Crippen molar-refractivity contribution in [2.24, 2.45) is 0 Å². The van der Waals surface area contributed by atoms with Crippen molar-refractivity contribution >= 4 is 5.97 Å². The number of hydrogen-bond acceptors (Lipinski definition) is 3. The van der Waals surface area contributed by atoms with Crippen molar-refractivity contribution < 1.29 is 9.90 Å². The second-order valence-electron chi connectivity index (χ2n) is 5.37. The van der Waals surface area contributed by atoms with Gasteiger partial charge in [0, 0.05) is 6.04 Å². The quantitative estimate of drug-likeness (QED) is 0.653. The Hall–Kier alpha value is -0.610. The summed E-state index contributed by atoms with van der Waals surface area (Å²) in [5.74, 6) is -0.719. The maximum absolute atomic E-state index is 11.0. The van der Waals surface area contributed by atoms with Gasteiger partial charge in [0.05, 0.1) is 0 Å². The fourth-order valence-corrected chi connectivity index (χ4v) is 2.65. The molecular formula is C14H28N2O2. The average molecular weight is 256 g/mol. The van der Waals surface area contributed by atoms with E-state index < -0.39 is 5.97 Å². The highest BCUT2D eigenvalue weighted by Gasteiger charge is 2.18. The van der Waals surface area contributed by atoms with Crippen LogP contribution in [-0.4, -0.2) is 47.7 Å². The summed E-state index contributed by atoms with van der Waals surface area (Å²) >= 11 is 0. The normalized spacial score (nSPS) is 22.9. The molecule has 2 atom stereocenters. The van der Waals surface area contributed by atoms with Crippen LogP contribution in [-0.2, 0) is 4.79 Å². The first-order valence-corrected chi connectivity index (χ1v) is 7.35. The molecule has 1 aliphatic rings. The second kappa shape index (κ2) is 8.48. The SMILES string of the molecule is CCCC(NCCCN1CCCCC1C)C(=O)O. The molecule has 1 heterocycles. The van der Waals surface area contributed by atoms with Crippen molar-refractivity contribution in [3.8, 4) is 0 Å². The first kappa shape index (κ1) is 15.4. The molecule has 1 saturated heterocycles. The molecule has 106 valence electrons. The number of nitrogens with zero attached hydrogens (tertiary/aromatic N) is 1. The second-order valence-corrected chi connectivity index (χ2v) is 5.37. The number of likely N-dealkylation sites (tertiary alicyclic amines) is 1. The summed E-state index contributed by atoms with van der Waals surface area (Å²) in [6.45, 7) is 7.42. The van der Waals surface area contributed by atoms with Gasteiger partial charge in [-0.15, -0.1) is 0 Å². The van der Waals surface area contributed by atoms with Gasteiger partial charge in [-0.2, -0.15) is 0 Å². The van der Waals surface area contributed by atoms with Crippen LogP contribution in [0.5, 0.6) is 0 Å². The molecule has 4 heteroatoms. The lowest BCUT2D eigenvalue weighted by Crippen LogP contribution is -2.41. The molecule has 0 spiro atoms. The first-order valence-electron chi connectivity index (χ1n) is 7.35. The zero-order chi connectivity index (χ0) is 13.4. The van der Waals surface area contributed by atoms with Gasteiger partial charge in [-0.25, -0.2) is 0 Å². The summed E-state index contributed by atoms with van der Waals surface area (Å²) in [6.07, 6.45) is 6.64.